The molecule has 0 bridgehead atoms. The number of hydrogen-bond acceptors (Lipinski definition) is 4. The van der Waals surface area contributed by atoms with Gasteiger partial charge >= 0.3 is 12.0 Å². The van der Waals surface area contributed by atoms with Crippen LogP contribution in [0.4, 0.5) is 4.79 Å². The van der Waals surface area contributed by atoms with Gasteiger partial charge in [0, 0.05) is 29.3 Å². The molecule has 0 radical (unpaired) electrons. The molecule has 2 heterocycles. The van der Waals surface area contributed by atoms with Gasteiger partial charge < -0.3 is 14.5 Å². The number of carbonyl (C=O) groups excluding carboxylic acids is 2. The Morgan fingerprint density at radius 1 is 0.969 bits per heavy atom. The normalized spacial score (nSPS) is 21.6. The number of esters is 1. The van der Waals surface area contributed by atoms with E-state index in [4.69, 9.17) is 4.74 Å². The molecule has 2 atom stereocenters. The van der Waals surface area contributed by atoms with Crippen molar-refractivity contribution in [2.45, 2.75) is 51.9 Å². The molecule has 168 valence electrons. The second kappa shape index (κ2) is 10.3. The number of nitrogens with zero attached hydrogens (tertiary/aromatic N) is 2. The Morgan fingerprint density at radius 2 is 1.56 bits per heavy atom. The number of hydrogen-bond donors (Lipinski definition) is 0. The Bertz CT molecular complexity index is 977. The molecule has 2 aliphatic heterocycles. The van der Waals surface area contributed by atoms with Crippen molar-refractivity contribution in [2.75, 3.05) is 12.4 Å². The first kappa shape index (κ1) is 22.5. The van der Waals surface area contributed by atoms with Crippen LogP contribution in [-0.4, -0.2) is 46.2 Å². The SMILES string of the molecule is CCCC(C(=O)OCC)=C1SC[C@H]2[C@@H]1N(Cc1ccccc1)C(=O)N2Cc1ccccc1. The van der Waals surface area contributed by atoms with E-state index in [1.807, 2.05) is 65.3 Å². The Balaban J connectivity index is 1.72. The number of thioether (sulfide) groups is 1. The van der Waals surface area contributed by atoms with Crippen LogP contribution in [0.2, 0.25) is 0 Å². The van der Waals surface area contributed by atoms with Crippen molar-refractivity contribution in [1.29, 1.82) is 0 Å². The number of ether oxygens (including phenoxy) is 1. The monoisotopic (exact) mass is 450 g/mol. The quantitative estimate of drug-likeness (QED) is 0.314. The smallest absolute Gasteiger partial charge is 0.334 e. The zero-order chi connectivity index (χ0) is 22.5. The summed E-state index contributed by atoms with van der Waals surface area (Å²) in [6.07, 6.45) is 1.52. The van der Waals surface area contributed by atoms with Crippen molar-refractivity contribution in [3.8, 4) is 0 Å². The van der Waals surface area contributed by atoms with Crippen LogP contribution in [0.1, 0.15) is 37.8 Å². The van der Waals surface area contributed by atoms with E-state index in [1.54, 1.807) is 11.8 Å². The number of rotatable bonds is 8. The summed E-state index contributed by atoms with van der Waals surface area (Å²) >= 11 is 1.71. The van der Waals surface area contributed by atoms with Crippen molar-refractivity contribution in [3.63, 3.8) is 0 Å². The number of amides is 2. The minimum Gasteiger partial charge on any atom is -0.463 e. The minimum atomic E-state index is -0.244. The van der Waals surface area contributed by atoms with Gasteiger partial charge in [0.15, 0.2) is 0 Å². The van der Waals surface area contributed by atoms with Crippen LogP contribution in [0, 0.1) is 0 Å². The van der Waals surface area contributed by atoms with E-state index in [0.29, 0.717) is 26.1 Å². The van der Waals surface area contributed by atoms with E-state index in [-0.39, 0.29) is 24.1 Å². The summed E-state index contributed by atoms with van der Waals surface area (Å²) in [4.78, 5) is 31.4. The van der Waals surface area contributed by atoms with Crippen molar-refractivity contribution in [2.24, 2.45) is 0 Å². The third-order valence-electron chi connectivity index (χ3n) is 5.98. The van der Waals surface area contributed by atoms with Gasteiger partial charge in [-0.3, -0.25) is 0 Å². The summed E-state index contributed by atoms with van der Waals surface area (Å²) in [6, 6.07) is 20.1. The van der Waals surface area contributed by atoms with E-state index in [0.717, 1.165) is 33.8 Å². The minimum absolute atomic E-state index is 0.0326. The summed E-state index contributed by atoms with van der Waals surface area (Å²) < 4.78 is 5.39. The molecule has 4 rings (SSSR count). The lowest BCUT2D eigenvalue weighted by atomic mass is 10.0. The molecule has 2 aliphatic rings. The van der Waals surface area contributed by atoms with Gasteiger partial charge in [-0.25, -0.2) is 9.59 Å². The predicted molar refractivity (Wildman–Crippen MR) is 128 cm³/mol. The van der Waals surface area contributed by atoms with Gasteiger partial charge in [0.25, 0.3) is 0 Å². The van der Waals surface area contributed by atoms with Crippen LogP contribution in [-0.2, 0) is 22.6 Å². The molecule has 0 aliphatic carbocycles. The van der Waals surface area contributed by atoms with Gasteiger partial charge in [0.2, 0.25) is 0 Å². The highest BCUT2D eigenvalue weighted by atomic mass is 32.2. The van der Waals surface area contributed by atoms with Gasteiger partial charge in [-0.2, -0.15) is 0 Å². The summed E-state index contributed by atoms with van der Waals surface area (Å²) in [5.41, 5.74) is 2.94. The van der Waals surface area contributed by atoms with Crippen LogP contribution in [0.3, 0.4) is 0 Å². The molecule has 32 heavy (non-hydrogen) atoms. The highest BCUT2D eigenvalue weighted by Gasteiger charge is 2.52. The number of urea groups is 1. The first-order valence-corrected chi connectivity index (χ1v) is 12.3. The summed E-state index contributed by atoms with van der Waals surface area (Å²) in [7, 11) is 0. The van der Waals surface area contributed by atoms with Gasteiger partial charge in [0.1, 0.15) is 0 Å². The molecule has 0 aromatic heterocycles. The van der Waals surface area contributed by atoms with Gasteiger partial charge in [-0.05, 0) is 24.5 Å². The largest absolute Gasteiger partial charge is 0.463 e. The molecular weight excluding hydrogens is 420 g/mol. The Kier molecular flexibility index (Phi) is 7.20. The maximum absolute atomic E-state index is 13.7. The Labute approximate surface area is 194 Å². The fourth-order valence-electron chi connectivity index (χ4n) is 4.53. The third-order valence-corrected chi connectivity index (χ3v) is 7.29. The highest BCUT2D eigenvalue weighted by molar-refractivity contribution is 8.03. The molecule has 0 N–H and O–H groups in total. The van der Waals surface area contributed by atoms with E-state index in [9.17, 15) is 9.59 Å². The van der Waals surface area contributed by atoms with Crippen LogP contribution < -0.4 is 0 Å². The van der Waals surface area contributed by atoms with Gasteiger partial charge in [0.05, 0.1) is 18.7 Å². The van der Waals surface area contributed by atoms with Gasteiger partial charge in [-0.1, -0.05) is 74.0 Å². The van der Waals surface area contributed by atoms with E-state index >= 15 is 0 Å². The fraction of sp³-hybridized carbons (Fsp3) is 0.385. The second-order valence-corrected chi connectivity index (χ2v) is 9.21. The molecule has 2 fully saturated rings. The molecule has 0 saturated carbocycles. The maximum atomic E-state index is 13.7. The standard InChI is InChI=1S/C26H30N2O3S/c1-3-11-21(25(29)31-4-2)24-23-22(18-32-24)27(16-19-12-7-5-8-13-19)26(30)28(23)17-20-14-9-6-10-15-20/h5-10,12-15,22-23H,3-4,11,16-18H2,1-2H3/t22-,23-/m0/s1. The second-order valence-electron chi connectivity index (χ2n) is 8.15. The molecule has 2 saturated heterocycles. The highest BCUT2D eigenvalue weighted by Crippen LogP contribution is 2.45. The van der Waals surface area contributed by atoms with Crippen molar-refractivity contribution >= 4 is 23.8 Å². The zero-order valence-electron chi connectivity index (χ0n) is 18.7. The Hall–Kier alpha value is -2.73. The van der Waals surface area contributed by atoms with Crippen LogP contribution in [0.5, 0.6) is 0 Å². The Morgan fingerprint density at radius 3 is 2.12 bits per heavy atom. The van der Waals surface area contributed by atoms with Crippen LogP contribution in [0.15, 0.2) is 71.1 Å². The average molecular weight is 451 g/mol. The number of fused-ring (bicyclic) bond motifs is 1. The lowest BCUT2D eigenvalue weighted by Crippen LogP contribution is -2.35. The van der Waals surface area contributed by atoms with Crippen molar-refractivity contribution < 1.29 is 14.3 Å². The fourth-order valence-corrected chi connectivity index (χ4v) is 6.06. The third kappa shape index (κ3) is 4.56. The lowest BCUT2D eigenvalue weighted by Gasteiger charge is -2.25. The molecule has 5 nitrogen and oxygen atoms in total. The van der Waals surface area contributed by atoms with E-state index in [1.165, 1.54) is 0 Å². The zero-order valence-corrected chi connectivity index (χ0v) is 19.5. The molecule has 6 heteroatoms. The molecule has 0 spiro atoms. The molecule has 2 amide bonds. The first-order chi connectivity index (χ1) is 15.6. The van der Waals surface area contributed by atoms with Crippen molar-refractivity contribution in [3.05, 3.63) is 82.3 Å². The maximum Gasteiger partial charge on any atom is 0.334 e. The summed E-state index contributed by atoms with van der Waals surface area (Å²) in [6.45, 7) is 5.35. The average Bonchev–Trinajstić information content (AvgIpc) is 3.34. The summed E-state index contributed by atoms with van der Waals surface area (Å²) in [5.74, 6) is 0.544. The van der Waals surface area contributed by atoms with Gasteiger partial charge in [-0.15, -0.1) is 11.8 Å². The lowest BCUT2D eigenvalue weighted by molar-refractivity contribution is -0.138. The molecule has 0 unspecified atom stereocenters. The number of benzene rings is 2. The van der Waals surface area contributed by atoms with Crippen molar-refractivity contribution in [1.82, 2.24) is 9.80 Å². The molecule has 2 aromatic carbocycles. The van der Waals surface area contributed by atoms with E-state index < -0.39 is 0 Å². The topological polar surface area (TPSA) is 49.9 Å². The first-order valence-electron chi connectivity index (χ1n) is 11.3. The molecular formula is C26H30N2O3S. The predicted octanol–water partition coefficient (Wildman–Crippen LogP) is 5.23. The van der Waals surface area contributed by atoms with E-state index in [2.05, 4.69) is 19.1 Å². The number of carbonyl (C=O) groups is 2. The summed E-state index contributed by atoms with van der Waals surface area (Å²) in [5, 5.41) is 0. The van der Waals surface area contributed by atoms with Crippen LogP contribution >= 0.6 is 11.8 Å². The molecule has 2 aromatic rings. The van der Waals surface area contributed by atoms with Crippen LogP contribution in [0.25, 0.3) is 0 Å².